The van der Waals surface area contributed by atoms with Gasteiger partial charge in [-0.3, -0.25) is 9.59 Å². The van der Waals surface area contributed by atoms with Crippen LogP contribution >= 0.6 is 0 Å². The molecule has 0 aliphatic carbocycles. The number of carbonyl (C=O) groups excluding carboxylic acids is 2. The number of para-hydroxylation sites is 1. The fourth-order valence-electron chi connectivity index (χ4n) is 2.47. The molecule has 0 atom stereocenters. The first-order chi connectivity index (χ1) is 11.9. The van der Waals surface area contributed by atoms with Crippen molar-refractivity contribution in [1.82, 2.24) is 5.32 Å². The fraction of sp³-hybridized carbons (Fsp3) is 0.368. The van der Waals surface area contributed by atoms with Crippen LogP contribution in [0.4, 0.5) is 5.69 Å². The largest absolute Gasteiger partial charge is 0.459 e. The van der Waals surface area contributed by atoms with Crippen molar-refractivity contribution in [2.24, 2.45) is 0 Å². The molecule has 0 radical (unpaired) electrons. The Bertz CT molecular complexity index is 721. The summed E-state index contributed by atoms with van der Waals surface area (Å²) < 4.78 is 5.13. The Hall–Kier alpha value is -2.60. The maximum atomic E-state index is 12.6. The maximum Gasteiger partial charge on any atom is 0.293 e. The van der Waals surface area contributed by atoms with Crippen molar-refractivity contribution >= 4 is 17.5 Å². The molecule has 25 heavy (non-hydrogen) atoms. The molecule has 0 saturated carbocycles. The zero-order chi connectivity index (χ0) is 18.4. The fourth-order valence-corrected chi connectivity index (χ4v) is 2.47. The summed E-state index contributed by atoms with van der Waals surface area (Å²) in [6, 6.07) is 10.0. The number of nitrogens with zero attached hydrogens (tertiary/aromatic N) is 1. The van der Waals surface area contributed by atoms with Gasteiger partial charge < -0.3 is 19.7 Å². The van der Waals surface area contributed by atoms with Gasteiger partial charge in [0, 0.05) is 13.6 Å². The van der Waals surface area contributed by atoms with E-state index in [0.717, 1.165) is 0 Å². The Morgan fingerprint density at radius 3 is 2.44 bits per heavy atom. The van der Waals surface area contributed by atoms with Crippen molar-refractivity contribution in [3.8, 4) is 0 Å². The lowest BCUT2D eigenvalue weighted by Crippen LogP contribution is -2.42. The van der Waals surface area contributed by atoms with E-state index in [1.165, 1.54) is 11.2 Å². The number of furan rings is 1. The van der Waals surface area contributed by atoms with E-state index in [2.05, 4.69) is 5.32 Å². The Labute approximate surface area is 147 Å². The predicted octanol–water partition coefficient (Wildman–Crippen LogP) is 2.84. The highest BCUT2D eigenvalue weighted by molar-refractivity contribution is 6.09. The number of carbonyl (C=O) groups is 2. The zero-order valence-electron chi connectivity index (χ0n) is 14.8. The molecule has 0 aliphatic heterocycles. The van der Waals surface area contributed by atoms with E-state index in [9.17, 15) is 14.7 Å². The van der Waals surface area contributed by atoms with E-state index in [1.54, 1.807) is 43.4 Å². The third-order valence-electron chi connectivity index (χ3n) is 4.44. The van der Waals surface area contributed by atoms with Gasteiger partial charge in [-0.25, -0.2) is 0 Å². The molecule has 134 valence electrons. The minimum absolute atomic E-state index is 0.156. The molecule has 2 aromatic rings. The molecule has 2 N–H and O–H groups in total. The quantitative estimate of drug-likeness (QED) is 0.809. The van der Waals surface area contributed by atoms with Crippen LogP contribution in [0, 0.1) is 0 Å². The van der Waals surface area contributed by atoms with Gasteiger partial charge in [-0.15, -0.1) is 0 Å². The molecule has 1 heterocycles. The van der Waals surface area contributed by atoms with Gasteiger partial charge in [0.2, 0.25) is 0 Å². The SMILES string of the molecule is CCC(O)(CC)CNC(=O)c1ccccc1N(C)C(=O)c1ccco1. The minimum atomic E-state index is -0.930. The zero-order valence-corrected chi connectivity index (χ0v) is 14.8. The van der Waals surface area contributed by atoms with Gasteiger partial charge in [0.15, 0.2) is 5.76 Å². The molecule has 2 amide bonds. The van der Waals surface area contributed by atoms with Crippen LogP contribution in [0.25, 0.3) is 0 Å². The third-order valence-corrected chi connectivity index (χ3v) is 4.44. The number of hydrogen-bond donors (Lipinski definition) is 2. The van der Waals surface area contributed by atoms with Crippen LogP contribution in [0.15, 0.2) is 47.1 Å². The van der Waals surface area contributed by atoms with Crippen molar-refractivity contribution in [2.45, 2.75) is 32.3 Å². The second-order valence-electron chi connectivity index (χ2n) is 5.97. The van der Waals surface area contributed by atoms with E-state index < -0.39 is 5.60 Å². The summed E-state index contributed by atoms with van der Waals surface area (Å²) in [4.78, 5) is 26.4. The number of aliphatic hydroxyl groups is 1. The summed E-state index contributed by atoms with van der Waals surface area (Å²) >= 11 is 0. The summed E-state index contributed by atoms with van der Waals surface area (Å²) in [5.41, 5.74) is -0.0991. The molecule has 0 spiro atoms. The van der Waals surface area contributed by atoms with E-state index in [1.807, 2.05) is 13.8 Å². The first-order valence-corrected chi connectivity index (χ1v) is 8.33. The van der Waals surface area contributed by atoms with Crippen LogP contribution < -0.4 is 10.2 Å². The predicted molar refractivity (Wildman–Crippen MR) is 95.7 cm³/mol. The van der Waals surface area contributed by atoms with Crippen LogP contribution in [-0.2, 0) is 0 Å². The van der Waals surface area contributed by atoms with Crippen LogP contribution in [0.5, 0.6) is 0 Å². The Morgan fingerprint density at radius 2 is 1.84 bits per heavy atom. The first kappa shape index (κ1) is 18.7. The lowest BCUT2D eigenvalue weighted by molar-refractivity contribution is 0.0314. The normalized spacial score (nSPS) is 11.2. The van der Waals surface area contributed by atoms with Gasteiger partial charge in [-0.05, 0) is 37.1 Å². The van der Waals surface area contributed by atoms with Gasteiger partial charge in [-0.1, -0.05) is 26.0 Å². The molecule has 0 saturated heterocycles. The van der Waals surface area contributed by atoms with E-state index >= 15 is 0 Å². The summed E-state index contributed by atoms with van der Waals surface area (Å²) in [5.74, 6) is -0.483. The van der Waals surface area contributed by atoms with Crippen molar-refractivity contribution in [3.05, 3.63) is 54.0 Å². The van der Waals surface area contributed by atoms with Gasteiger partial charge in [0.25, 0.3) is 11.8 Å². The molecule has 0 fully saturated rings. The van der Waals surface area contributed by atoms with E-state index in [-0.39, 0.29) is 24.1 Å². The lowest BCUT2D eigenvalue weighted by Gasteiger charge is -2.26. The van der Waals surface area contributed by atoms with Crippen molar-refractivity contribution in [3.63, 3.8) is 0 Å². The monoisotopic (exact) mass is 344 g/mol. The molecular weight excluding hydrogens is 320 g/mol. The van der Waals surface area contributed by atoms with Gasteiger partial charge in [0.05, 0.1) is 23.1 Å². The average molecular weight is 344 g/mol. The number of benzene rings is 1. The molecule has 0 bridgehead atoms. The highest BCUT2D eigenvalue weighted by Crippen LogP contribution is 2.22. The van der Waals surface area contributed by atoms with E-state index in [0.29, 0.717) is 24.1 Å². The van der Waals surface area contributed by atoms with Crippen molar-refractivity contribution in [2.75, 3.05) is 18.5 Å². The topological polar surface area (TPSA) is 82.8 Å². The Kier molecular flexibility index (Phi) is 5.98. The molecule has 0 unspecified atom stereocenters. The number of amides is 2. The van der Waals surface area contributed by atoms with E-state index in [4.69, 9.17) is 4.42 Å². The molecular formula is C19H24N2O4. The van der Waals surface area contributed by atoms with Gasteiger partial charge >= 0.3 is 0 Å². The van der Waals surface area contributed by atoms with Crippen LogP contribution in [0.1, 0.15) is 47.6 Å². The third kappa shape index (κ3) is 4.28. The summed E-state index contributed by atoms with van der Waals surface area (Å²) in [6.07, 6.45) is 2.51. The highest BCUT2D eigenvalue weighted by atomic mass is 16.3. The molecule has 6 nitrogen and oxygen atoms in total. The van der Waals surface area contributed by atoms with Crippen LogP contribution in [-0.4, -0.2) is 36.1 Å². The number of hydrogen-bond acceptors (Lipinski definition) is 4. The van der Waals surface area contributed by atoms with Crippen LogP contribution in [0.3, 0.4) is 0 Å². The second-order valence-corrected chi connectivity index (χ2v) is 5.97. The van der Waals surface area contributed by atoms with Gasteiger partial charge in [-0.2, -0.15) is 0 Å². The number of nitrogens with one attached hydrogen (secondary N) is 1. The van der Waals surface area contributed by atoms with Crippen molar-refractivity contribution in [1.29, 1.82) is 0 Å². The Balaban J connectivity index is 2.20. The molecule has 2 rings (SSSR count). The number of anilines is 1. The minimum Gasteiger partial charge on any atom is -0.459 e. The molecule has 6 heteroatoms. The highest BCUT2D eigenvalue weighted by Gasteiger charge is 2.25. The smallest absolute Gasteiger partial charge is 0.293 e. The lowest BCUT2D eigenvalue weighted by atomic mass is 9.97. The summed E-state index contributed by atoms with van der Waals surface area (Å²) in [5, 5.41) is 13.1. The average Bonchev–Trinajstić information content (AvgIpc) is 3.19. The molecule has 1 aromatic carbocycles. The molecule has 0 aliphatic rings. The standard InChI is InChI=1S/C19H24N2O4/c1-4-19(24,5-2)13-20-17(22)14-9-6-7-10-15(14)21(3)18(23)16-11-8-12-25-16/h6-12,24H,4-5,13H2,1-3H3,(H,20,22). The molecule has 1 aromatic heterocycles. The second kappa shape index (κ2) is 7.98. The summed E-state index contributed by atoms with van der Waals surface area (Å²) in [7, 11) is 1.59. The number of rotatable bonds is 7. The van der Waals surface area contributed by atoms with Crippen LogP contribution in [0.2, 0.25) is 0 Å². The van der Waals surface area contributed by atoms with Gasteiger partial charge in [0.1, 0.15) is 0 Å². The summed E-state index contributed by atoms with van der Waals surface area (Å²) in [6.45, 7) is 3.90. The Morgan fingerprint density at radius 1 is 1.16 bits per heavy atom. The van der Waals surface area contributed by atoms with Crippen molar-refractivity contribution < 1.29 is 19.1 Å². The first-order valence-electron chi connectivity index (χ1n) is 8.33. The maximum absolute atomic E-state index is 12.6.